The van der Waals surface area contributed by atoms with Crippen molar-refractivity contribution in [2.75, 3.05) is 0 Å². The minimum Gasteiger partial charge on any atom is -0.480 e. The summed E-state index contributed by atoms with van der Waals surface area (Å²) in [4.78, 5) is 10.2. The number of aliphatic carboxylic acids is 1. The van der Waals surface area contributed by atoms with Gasteiger partial charge in [-0.2, -0.15) is 0 Å². The van der Waals surface area contributed by atoms with Crippen LogP contribution in [0.2, 0.25) is 0 Å². The van der Waals surface area contributed by atoms with Gasteiger partial charge in [-0.25, -0.2) is 0 Å². The fourth-order valence-electron chi connectivity index (χ4n) is 0.719. The van der Waals surface area contributed by atoms with E-state index in [9.17, 15) is 9.28 Å². The lowest BCUT2D eigenvalue weighted by molar-refractivity contribution is -0.265. The lowest BCUT2D eigenvalue weighted by Crippen LogP contribution is -2.33. The summed E-state index contributed by atoms with van der Waals surface area (Å²) in [7, 11) is 0. The molecule has 0 aromatic carbocycles. The average Bonchev–Trinajstić information content (AvgIpc) is 1.87. The zero-order valence-corrected chi connectivity index (χ0v) is 6.33. The smallest absolute Gasteiger partial charge is 0.326 e. The first-order chi connectivity index (χ1) is 5.09. The van der Waals surface area contributed by atoms with Crippen molar-refractivity contribution in [3.05, 3.63) is 0 Å². The highest BCUT2D eigenvalue weighted by atomic mass is 19.2. The number of carbonyl (C=O) groups is 1. The van der Waals surface area contributed by atoms with Gasteiger partial charge in [-0.05, 0) is 11.7 Å². The maximum Gasteiger partial charge on any atom is 0.326 e. The summed E-state index contributed by atoms with van der Waals surface area (Å²) in [5, 5.41) is 15.8. The maximum absolute atomic E-state index is 11.9. The third-order valence-electron chi connectivity index (χ3n) is 1.37. The number of unbranched alkanes of at least 4 members (excludes halogenated alkanes) is 1. The second-order valence-electron chi connectivity index (χ2n) is 2.28. The molecule has 0 aromatic heterocycles. The maximum atomic E-state index is 11.9. The Labute approximate surface area is 64.1 Å². The molecule has 0 saturated heterocycles. The fraction of sp³-hybridized carbons (Fsp3) is 0.833. The first kappa shape index (κ1) is 10.3. The molecule has 0 aliphatic heterocycles. The van der Waals surface area contributed by atoms with Crippen LogP contribution >= 0.6 is 0 Å². The van der Waals surface area contributed by atoms with Crippen LogP contribution in [0.1, 0.15) is 26.2 Å². The van der Waals surface area contributed by atoms with Gasteiger partial charge in [0.05, 0.1) is 0 Å². The van der Waals surface area contributed by atoms with Crippen molar-refractivity contribution in [3.8, 4) is 0 Å². The van der Waals surface area contributed by atoms with Crippen molar-refractivity contribution in [2.24, 2.45) is 0 Å². The Balaban J connectivity index is 3.80. The Morgan fingerprint density at radius 2 is 2.27 bits per heavy atom. The van der Waals surface area contributed by atoms with E-state index in [1.165, 1.54) is 0 Å². The molecule has 5 heteroatoms. The third kappa shape index (κ3) is 3.90. The van der Waals surface area contributed by atoms with E-state index >= 15 is 0 Å². The minimum absolute atomic E-state index is 0.124. The molecule has 0 aliphatic rings. The summed E-state index contributed by atoms with van der Waals surface area (Å²) >= 11 is 0. The van der Waals surface area contributed by atoms with Gasteiger partial charge in [-0.3, -0.25) is 10.0 Å². The number of carboxylic acids is 1. The molecular weight excluding hydrogens is 153 g/mol. The highest BCUT2D eigenvalue weighted by molar-refractivity contribution is 5.72. The van der Waals surface area contributed by atoms with Gasteiger partial charge in [0.2, 0.25) is 0 Å². The van der Waals surface area contributed by atoms with Gasteiger partial charge in [0, 0.05) is 0 Å². The van der Waals surface area contributed by atoms with Crippen LogP contribution in [0, 0.1) is 0 Å². The van der Waals surface area contributed by atoms with E-state index in [1.54, 1.807) is 0 Å². The van der Waals surface area contributed by atoms with Gasteiger partial charge in [-0.1, -0.05) is 19.8 Å². The summed E-state index contributed by atoms with van der Waals surface area (Å²) in [6, 6.07) is -1.42. The zero-order chi connectivity index (χ0) is 8.85. The summed E-state index contributed by atoms with van der Waals surface area (Å²) in [6.07, 6.45) is 1.48. The molecule has 0 amide bonds. The Morgan fingerprint density at radius 3 is 2.55 bits per heavy atom. The zero-order valence-electron chi connectivity index (χ0n) is 6.33. The lowest BCUT2D eigenvalue weighted by Gasteiger charge is -2.12. The quantitative estimate of drug-likeness (QED) is 0.474. The van der Waals surface area contributed by atoms with Gasteiger partial charge in [0.25, 0.3) is 0 Å². The molecule has 0 aromatic rings. The van der Waals surface area contributed by atoms with Crippen LogP contribution in [0.15, 0.2) is 0 Å². The van der Waals surface area contributed by atoms with Crippen LogP contribution in [-0.2, 0) is 4.79 Å². The molecule has 0 saturated carbocycles. The Bertz CT molecular complexity index is 129. The molecule has 1 atom stereocenters. The second kappa shape index (κ2) is 5.03. The van der Waals surface area contributed by atoms with E-state index in [1.807, 2.05) is 6.92 Å². The number of hydrogen-bond acceptors (Lipinski definition) is 3. The predicted octanol–water partition coefficient (Wildman–Crippen LogP) is 1.21. The third-order valence-corrected chi connectivity index (χ3v) is 1.37. The van der Waals surface area contributed by atoms with E-state index in [2.05, 4.69) is 0 Å². The van der Waals surface area contributed by atoms with Crippen molar-refractivity contribution in [1.82, 2.24) is 5.29 Å². The van der Waals surface area contributed by atoms with Crippen LogP contribution in [0.5, 0.6) is 0 Å². The Morgan fingerprint density at radius 1 is 1.73 bits per heavy atom. The number of rotatable bonds is 5. The van der Waals surface area contributed by atoms with Gasteiger partial charge < -0.3 is 5.11 Å². The van der Waals surface area contributed by atoms with E-state index in [0.717, 1.165) is 6.42 Å². The van der Waals surface area contributed by atoms with Gasteiger partial charge in [-0.15, -0.1) is 4.48 Å². The highest BCUT2D eigenvalue weighted by Gasteiger charge is 2.23. The molecule has 0 spiro atoms. The van der Waals surface area contributed by atoms with Crippen molar-refractivity contribution in [3.63, 3.8) is 0 Å². The molecular formula is C6H12FNO3. The topological polar surface area (TPSA) is 60.8 Å². The number of carboxylic acid groups (broad SMARTS) is 1. The summed E-state index contributed by atoms with van der Waals surface area (Å²) in [5.74, 6) is -1.34. The average molecular weight is 165 g/mol. The highest BCUT2D eigenvalue weighted by Crippen LogP contribution is 2.07. The van der Waals surface area contributed by atoms with Crippen LogP contribution in [0.3, 0.4) is 0 Å². The number of hydroxylamine groups is 1. The first-order valence-corrected chi connectivity index (χ1v) is 3.46. The van der Waals surface area contributed by atoms with Gasteiger partial charge in [0.15, 0.2) is 6.04 Å². The van der Waals surface area contributed by atoms with Crippen molar-refractivity contribution < 1.29 is 19.6 Å². The molecule has 4 nitrogen and oxygen atoms in total. The summed E-state index contributed by atoms with van der Waals surface area (Å²) < 4.78 is 11.9. The monoisotopic (exact) mass is 165 g/mol. The van der Waals surface area contributed by atoms with E-state index < -0.39 is 17.3 Å². The molecule has 0 bridgehead atoms. The molecule has 0 radical (unpaired) electrons. The van der Waals surface area contributed by atoms with Crippen molar-refractivity contribution in [2.45, 2.75) is 32.2 Å². The number of halogens is 1. The number of hydrogen-bond donors (Lipinski definition) is 2. The SMILES string of the molecule is CCCCC(C(=O)O)N(O)F. The van der Waals surface area contributed by atoms with Crippen LogP contribution in [0.25, 0.3) is 0 Å². The molecule has 0 heterocycles. The lowest BCUT2D eigenvalue weighted by atomic mass is 10.1. The minimum atomic E-state index is -1.42. The van der Waals surface area contributed by atoms with E-state index in [0.29, 0.717) is 6.42 Å². The molecule has 11 heavy (non-hydrogen) atoms. The standard InChI is InChI=1S/C6H12FNO3/c1-2-3-4-5(6(9)10)8(7)11/h5,11H,2-4H2,1H3,(H,9,10). The van der Waals surface area contributed by atoms with Crippen LogP contribution < -0.4 is 0 Å². The van der Waals surface area contributed by atoms with Crippen LogP contribution in [-0.4, -0.2) is 27.6 Å². The van der Waals surface area contributed by atoms with Crippen molar-refractivity contribution >= 4 is 5.97 Å². The van der Waals surface area contributed by atoms with Crippen molar-refractivity contribution in [1.29, 1.82) is 0 Å². The molecule has 1 unspecified atom stereocenters. The summed E-state index contributed by atoms with van der Waals surface area (Å²) in [6.45, 7) is 1.86. The summed E-state index contributed by atoms with van der Waals surface area (Å²) in [5.41, 5.74) is 0. The fourth-order valence-corrected chi connectivity index (χ4v) is 0.719. The largest absolute Gasteiger partial charge is 0.480 e. The van der Waals surface area contributed by atoms with E-state index in [-0.39, 0.29) is 6.42 Å². The predicted molar refractivity (Wildman–Crippen MR) is 35.7 cm³/mol. The van der Waals surface area contributed by atoms with Gasteiger partial charge >= 0.3 is 5.97 Å². The second-order valence-corrected chi connectivity index (χ2v) is 2.28. The molecule has 0 rings (SSSR count). The van der Waals surface area contributed by atoms with Crippen LogP contribution in [0.4, 0.5) is 4.48 Å². The molecule has 0 fully saturated rings. The van der Waals surface area contributed by atoms with Gasteiger partial charge in [0.1, 0.15) is 0 Å². The Hall–Kier alpha value is -0.680. The Kier molecular flexibility index (Phi) is 4.72. The van der Waals surface area contributed by atoms with E-state index in [4.69, 9.17) is 10.3 Å². The first-order valence-electron chi connectivity index (χ1n) is 3.46. The normalized spacial score (nSPS) is 13.5. The molecule has 2 N–H and O–H groups in total. The molecule has 0 aliphatic carbocycles. The molecule has 66 valence electrons. The number of nitrogens with zero attached hydrogens (tertiary/aromatic N) is 1.